The van der Waals surface area contributed by atoms with E-state index >= 15 is 0 Å². The van der Waals surface area contributed by atoms with E-state index in [1.807, 2.05) is 42.5 Å². The number of nitrogens with zero attached hydrogens (tertiary/aromatic N) is 2. The van der Waals surface area contributed by atoms with E-state index in [1.165, 1.54) is 24.3 Å². The van der Waals surface area contributed by atoms with Gasteiger partial charge in [-0.3, -0.25) is 0 Å². The fourth-order valence-electron chi connectivity index (χ4n) is 3.14. The van der Waals surface area contributed by atoms with Crippen LogP contribution in [0.15, 0.2) is 78.9 Å². The average molecular weight is 484 g/mol. The summed E-state index contributed by atoms with van der Waals surface area (Å²) in [5.41, 5.74) is -3.59. The van der Waals surface area contributed by atoms with Crippen LogP contribution in [-0.4, -0.2) is 18.9 Å². The third-order valence-corrected chi connectivity index (χ3v) is 5.77. The third-order valence-electron chi connectivity index (χ3n) is 4.80. The lowest BCUT2D eigenvalue weighted by atomic mass is 10.0. The minimum Gasteiger partial charge on any atom is -0.487 e. The summed E-state index contributed by atoms with van der Waals surface area (Å²) in [6, 6.07) is 22.9. The minimum absolute atomic E-state index is 0.00891. The molecule has 0 aliphatic heterocycles. The number of nitriles is 1. The summed E-state index contributed by atoms with van der Waals surface area (Å²) in [5, 5.41) is 10.1. The standard InChI is InChI=1S/C24H15F3N2O4S/c25-24(26,27)34(30,31)33-23-12-5-16(14-28)13-21(23)17-7-10-20(11-8-17)32-15-19-9-6-18-3-1-2-4-22(18)29-19/h1-13H,15H2. The predicted octanol–water partition coefficient (Wildman–Crippen LogP) is 5.58. The van der Waals surface area contributed by atoms with Gasteiger partial charge in [-0.25, -0.2) is 4.98 Å². The first-order chi connectivity index (χ1) is 16.2. The molecule has 6 nitrogen and oxygen atoms in total. The predicted molar refractivity (Wildman–Crippen MR) is 118 cm³/mol. The molecule has 3 aromatic carbocycles. The highest BCUT2D eigenvalue weighted by atomic mass is 32.2. The van der Waals surface area contributed by atoms with Gasteiger partial charge in [0.2, 0.25) is 0 Å². The molecule has 0 radical (unpaired) electrons. The van der Waals surface area contributed by atoms with Gasteiger partial charge in [0.1, 0.15) is 12.4 Å². The number of halogens is 3. The molecule has 0 aliphatic rings. The van der Waals surface area contributed by atoms with Crippen molar-refractivity contribution in [1.29, 1.82) is 5.26 Å². The molecule has 172 valence electrons. The molecule has 0 saturated heterocycles. The van der Waals surface area contributed by atoms with Gasteiger partial charge in [0, 0.05) is 10.9 Å². The highest BCUT2D eigenvalue weighted by Gasteiger charge is 2.48. The van der Waals surface area contributed by atoms with Gasteiger partial charge in [-0.2, -0.15) is 26.9 Å². The Morgan fingerprint density at radius 2 is 1.68 bits per heavy atom. The lowest BCUT2D eigenvalue weighted by Gasteiger charge is -2.14. The topological polar surface area (TPSA) is 89.3 Å². The van der Waals surface area contributed by atoms with Crippen LogP contribution in [0.4, 0.5) is 13.2 Å². The Kier molecular flexibility index (Phi) is 6.13. The number of alkyl halides is 3. The summed E-state index contributed by atoms with van der Waals surface area (Å²) < 4.78 is 71.3. The highest BCUT2D eigenvalue weighted by molar-refractivity contribution is 7.88. The van der Waals surface area contributed by atoms with Crippen LogP contribution in [0, 0.1) is 11.3 Å². The van der Waals surface area contributed by atoms with Crippen molar-refractivity contribution in [3.05, 3.63) is 90.1 Å². The summed E-state index contributed by atoms with van der Waals surface area (Å²) in [6.45, 7) is 0.187. The Labute approximate surface area is 192 Å². The molecule has 0 amide bonds. The van der Waals surface area contributed by atoms with E-state index < -0.39 is 21.4 Å². The molecule has 0 bridgehead atoms. The molecule has 0 atom stereocenters. The molecule has 0 aliphatic carbocycles. The summed E-state index contributed by atoms with van der Waals surface area (Å²) in [7, 11) is -5.88. The van der Waals surface area contributed by atoms with E-state index in [4.69, 9.17) is 10.00 Å². The smallest absolute Gasteiger partial charge is 0.487 e. The van der Waals surface area contributed by atoms with Crippen molar-refractivity contribution < 1.29 is 30.5 Å². The zero-order chi connectivity index (χ0) is 24.3. The number of rotatable bonds is 6. The number of hydrogen-bond donors (Lipinski definition) is 0. The van der Waals surface area contributed by atoms with Crippen molar-refractivity contribution in [2.45, 2.75) is 12.1 Å². The quantitative estimate of drug-likeness (QED) is 0.262. The molecule has 4 rings (SSSR count). The van der Waals surface area contributed by atoms with Gasteiger partial charge in [0.25, 0.3) is 0 Å². The van der Waals surface area contributed by atoms with E-state index in [0.29, 0.717) is 17.0 Å². The Bertz CT molecular complexity index is 1500. The maximum Gasteiger partial charge on any atom is 0.534 e. The summed E-state index contributed by atoms with van der Waals surface area (Å²) in [6.07, 6.45) is 0. The SMILES string of the molecule is N#Cc1ccc(OS(=O)(=O)C(F)(F)F)c(-c2ccc(OCc3ccc4ccccc4n3)cc2)c1. The minimum atomic E-state index is -5.88. The highest BCUT2D eigenvalue weighted by Crippen LogP contribution is 2.35. The normalized spacial score (nSPS) is 11.7. The van der Waals surface area contributed by atoms with E-state index in [2.05, 4.69) is 9.17 Å². The Hall–Kier alpha value is -4.10. The largest absolute Gasteiger partial charge is 0.534 e. The third kappa shape index (κ3) is 4.94. The van der Waals surface area contributed by atoms with E-state index in [1.54, 1.807) is 12.1 Å². The van der Waals surface area contributed by atoms with E-state index in [0.717, 1.165) is 17.0 Å². The van der Waals surface area contributed by atoms with Crippen molar-refractivity contribution in [2.75, 3.05) is 0 Å². The molecule has 1 heterocycles. The molecule has 34 heavy (non-hydrogen) atoms. The first kappa shape index (κ1) is 23.1. The molecular formula is C24H15F3N2O4S. The average Bonchev–Trinajstić information content (AvgIpc) is 2.82. The van der Waals surface area contributed by atoms with Gasteiger partial charge in [-0.1, -0.05) is 36.4 Å². The van der Waals surface area contributed by atoms with Gasteiger partial charge < -0.3 is 8.92 Å². The number of aromatic nitrogens is 1. The lowest BCUT2D eigenvalue weighted by molar-refractivity contribution is -0.0499. The molecule has 0 N–H and O–H groups in total. The number of ether oxygens (including phenoxy) is 1. The Balaban J connectivity index is 1.56. The van der Waals surface area contributed by atoms with Gasteiger partial charge in [0.05, 0.1) is 22.8 Å². The second-order valence-electron chi connectivity index (χ2n) is 7.11. The van der Waals surface area contributed by atoms with Crippen LogP contribution in [-0.2, 0) is 16.7 Å². The van der Waals surface area contributed by atoms with Crippen molar-refractivity contribution in [3.8, 4) is 28.7 Å². The van der Waals surface area contributed by atoms with Crippen molar-refractivity contribution in [1.82, 2.24) is 4.98 Å². The number of benzene rings is 3. The fourth-order valence-corrected chi connectivity index (χ4v) is 3.62. The second kappa shape index (κ2) is 9.03. The zero-order valence-electron chi connectivity index (χ0n) is 17.3. The van der Waals surface area contributed by atoms with Gasteiger partial charge in [0.15, 0.2) is 5.75 Å². The fraction of sp³-hybridized carbons (Fsp3) is 0.0833. The van der Waals surface area contributed by atoms with Crippen LogP contribution >= 0.6 is 0 Å². The molecule has 10 heteroatoms. The molecule has 1 aromatic heterocycles. The molecule has 0 unspecified atom stereocenters. The molecular weight excluding hydrogens is 469 g/mol. The first-order valence-electron chi connectivity index (χ1n) is 9.79. The zero-order valence-corrected chi connectivity index (χ0v) is 18.1. The van der Waals surface area contributed by atoms with Crippen molar-refractivity contribution in [2.24, 2.45) is 0 Å². The van der Waals surface area contributed by atoms with Crippen molar-refractivity contribution in [3.63, 3.8) is 0 Å². The summed E-state index contributed by atoms with van der Waals surface area (Å²) in [5.74, 6) is -0.0918. The number of fused-ring (bicyclic) bond motifs is 1. The molecule has 0 spiro atoms. The lowest BCUT2D eigenvalue weighted by Crippen LogP contribution is -2.28. The van der Waals surface area contributed by atoms with E-state index in [-0.39, 0.29) is 17.7 Å². The number of pyridine rings is 1. The maximum atomic E-state index is 12.8. The van der Waals surface area contributed by atoms with Crippen LogP contribution in [0.5, 0.6) is 11.5 Å². The van der Waals surface area contributed by atoms with Crippen LogP contribution in [0.25, 0.3) is 22.0 Å². The van der Waals surface area contributed by atoms with Gasteiger partial charge >= 0.3 is 15.6 Å². The second-order valence-corrected chi connectivity index (χ2v) is 8.65. The van der Waals surface area contributed by atoms with Gasteiger partial charge in [-0.05, 0) is 48.0 Å². The van der Waals surface area contributed by atoms with Gasteiger partial charge in [-0.15, -0.1) is 0 Å². The molecule has 4 aromatic rings. The van der Waals surface area contributed by atoms with Crippen LogP contribution < -0.4 is 8.92 Å². The summed E-state index contributed by atoms with van der Waals surface area (Å²) in [4.78, 5) is 4.52. The van der Waals surface area contributed by atoms with E-state index in [9.17, 15) is 21.6 Å². The molecule has 0 fully saturated rings. The monoisotopic (exact) mass is 484 g/mol. The van der Waals surface area contributed by atoms with Crippen LogP contribution in [0.2, 0.25) is 0 Å². The maximum absolute atomic E-state index is 12.8. The van der Waals surface area contributed by atoms with Crippen molar-refractivity contribution >= 4 is 21.0 Å². The number of hydrogen-bond acceptors (Lipinski definition) is 6. The Morgan fingerprint density at radius 3 is 2.38 bits per heavy atom. The first-order valence-corrected chi connectivity index (χ1v) is 11.2. The Morgan fingerprint density at radius 1 is 0.941 bits per heavy atom. The number of para-hydroxylation sites is 1. The van der Waals surface area contributed by atoms with Crippen LogP contribution in [0.1, 0.15) is 11.3 Å². The molecule has 0 saturated carbocycles. The summed E-state index contributed by atoms with van der Waals surface area (Å²) >= 11 is 0. The van der Waals surface area contributed by atoms with Crippen LogP contribution in [0.3, 0.4) is 0 Å².